The summed E-state index contributed by atoms with van der Waals surface area (Å²) in [5.74, 6) is -0.979. The van der Waals surface area contributed by atoms with E-state index >= 15 is 0 Å². The van der Waals surface area contributed by atoms with Crippen molar-refractivity contribution < 1.29 is 9.90 Å². The molecule has 1 aliphatic rings. The van der Waals surface area contributed by atoms with Crippen molar-refractivity contribution in [3.8, 4) is 0 Å². The first-order valence-electron chi connectivity index (χ1n) is 6.80. The normalized spacial score (nSPS) is 18.3. The lowest BCUT2D eigenvalue weighted by atomic mass is 10.2. The van der Waals surface area contributed by atoms with Crippen molar-refractivity contribution in [3.05, 3.63) is 24.0 Å². The van der Waals surface area contributed by atoms with Crippen molar-refractivity contribution in [2.45, 2.75) is 26.3 Å². The molecule has 0 aliphatic carbocycles. The Hall–Kier alpha value is -1.62. The Morgan fingerprint density at radius 1 is 1.37 bits per heavy atom. The molecule has 0 bridgehead atoms. The highest BCUT2D eigenvalue weighted by Crippen LogP contribution is 2.17. The molecule has 2 rings (SSSR count). The fourth-order valence-electron chi connectivity index (χ4n) is 2.38. The highest BCUT2D eigenvalue weighted by molar-refractivity contribution is 5.85. The third-order valence-electron chi connectivity index (χ3n) is 3.86. The average molecular weight is 263 g/mol. The van der Waals surface area contributed by atoms with Gasteiger partial charge in [-0.05, 0) is 25.5 Å². The Kier molecular flexibility index (Phi) is 4.37. The standard InChI is InChI=1S/C14H21N3O2/c1-3-11(2)16-6-8-17(9-7-16)12-4-5-13(14(18)19)15-10-12/h4-5,10-11H,3,6-9H2,1-2H3,(H,18,19). The van der Waals surface area contributed by atoms with Gasteiger partial charge in [-0.1, -0.05) is 6.92 Å². The van der Waals surface area contributed by atoms with Gasteiger partial charge < -0.3 is 10.0 Å². The Balaban J connectivity index is 1.96. The first-order chi connectivity index (χ1) is 9.11. The molecule has 0 aromatic carbocycles. The van der Waals surface area contributed by atoms with Gasteiger partial charge in [0.1, 0.15) is 5.69 Å². The molecule has 0 spiro atoms. The molecule has 1 aromatic heterocycles. The number of piperazine rings is 1. The van der Waals surface area contributed by atoms with Gasteiger partial charge in [0.15, 0.2) is 0 Å². The zero-order valence-corrected chi connectivity index (χ0v) is 11.5. The van der Waals surface area contributed by atoms with E-state index in [1.165, 1.54) is 6.42 Å². The zero-order chi connectivity index (χ0) is 13.8. The SMILES string of the molecule is CCC(C)N1CCN(c2ccc(C(=O)O)nc2)CC1. The number of aromatic nitrogens is 1. The van der Waals surface area contributed by atoms with Crippen LogP contribution in [-0.2, 0) is 0 Å². The molecule has 5 nitrogen and oxygen atoms in total. The van der Waals surface area contributed by atoms with Crippen LogP contribution in [0.4, 0.5) is 5.69 Å². The zero-order valence-electron chi connectivity index (χ0n) is 11.5. The second-order valence-electron chi connectivity index (χ2n) is 4.99. The summed E-state index contributed by atoms with van der Waals surface area (Å²) in [6.45, 7) is 8.52. The Labute approximate surface area is 113 Å². The van der Waals surface area contributed by atoms with Crippen LogP contribution in [0.1, 0.15) is 30.8 Å². The molecule has 1 fully saturated rings. The lowest BCUT2D eigenvalue weighted by molar-refractivity contribution is 0.0690. The summed E-state index contributed by atoms with van der Waals surface area (Å²) in [5, 5.41) is 8.83. The molecule has 1 atom stereocenters. The van der Waals surface area contributed by atoms with Gasteiger partial charge in [-0.25, -0.2) is 9.78 Å². The Bertz CT molecular complexity index is 425. The smallest absolute Gasteiger partial charge is 0.354 e. The number of hydrogen-bond donors (Lipinski definition) is 1. The molecule has 19 heavy (non-hydrogen) atoms. The number of carboxylic acids is 1. The van der Waals surface area contributed by atoms with E-state index in [0.717, 1.165) is 31.9 Å². The lowest BCUT2D eigenvalue weighted by Crippen LogP contribution is -2.49. The predicted molar refractivity (Wildman–Crippen MR) is 74.7 cm³/mol. The number of carbonyl (C=O) groups is 1. The summed E-state index contributed by atoms with van der Waals surface area (Å²) in [4.78, 5) is 19.5. The van der Waals surface area contributed by atoms with E-state index in [-0.39, 0.29) is 5.69 Å². The number of pyridine rings is 1. The van der Waals surface area contributed by atoms with Crippen LogP contribution in [0.2, 0.25) is 0 Å². The highest BCUT2D eigenvalue weighted by atomic mass is 16.4. The lowest BCUT2D eigenvalue weighted by Gasteiger charge is -2.38. The first-order valence-corrected chi connectivity index (χ1v) is 6.80. The minimum atomic E-state index is -0.979. The van der Waals surface area contributed by atoms with E-state index in [9.17, 15) is 4.79 Å². The van der Waals surface area contributed by atoms with Gasteiger partial charge in [0.25, 0.3) is 0 Å². The number of hydrogen-bond acceptors (Lipinski definition) is 4. The van der Waals surface area contributed by atoms with Crippen molar-refractivity contribution >= 4 is 11.7 Å². The van der Waals surface area contributed by atoms with Crippen molar-refractivity contribution in [2.24, 2.45) is 0 Å². The molecular weight excluding hydrogens is 242 g/mol. The molecule has 0 saturated carbocycles. The second-order valence-corrected chi connectivity index (χ2v) is 4.99. The molecule has 1 aromatic rings. The largest absolute Gasteiger partial charge is 0.477 e. The van der Waals surface area contributed by atoms with Gasteiger partial charge in [0.2, 0.25) is 0 Å². The van der Waals surface area contributed by atoms with Crippen LogP contribution in [0.5, 0.6) is 0 Å². The van der Waals surface area contributed by atoms with Crippen molar-refractivity contribution in [3.63, 3.8) is 0 Å². The van der Waals surface area contributed by atoms with Gasteiger partial charge >= 0.3 is 5.97 Å². The van der Waals surface area contributed by atoms with Gasteiger partial charge in [-0.15, -0.1) is 0 Å². The number of aromatic carboxylic acids is 1. The second kappa shape index (κ2) is 6.02. The summed E-state index contributed by atoms with van der Waals surface area (Å²) in [5.41, 5.74) is 1.11. The molecule has 104 valence electrons. The van der Waals surface area contributed by atoms with Crippen LogP contribution < -0.4 is 4.90 Å². The summed E-state index contributed by atoms with van der Waals surface area (Å²) in [7, 11) is 0. The molecule has 0 radical (unpaired) electrons. The number of rotatable bonds is 4. The Morgan fingerprint density at radius 3 is 2.53 bits per heavy atom. The molecule has 1 N–H and O–H groups in total. The third-order valence-corrected chi connectivity index (χ3v) is 3.86. The monoisotopic (exact) mass is 263 g/mol. The first kappa shape index (κ1) is 13.8. The maximum absolute atomic E-state index is 10.8. The van der Waals surface area contributed by atoms with Crippen molar-refractivity contribution in [1.29, 1.82) is 0 Å². The number of anilines is 1. The van der Waals surface area contributed by atoms with E-state index in [1.54, 1.807) is 12.3 Å². The molecule has 1 unspecified atom stereocenters. The van der Waals surface area contributed by atoms with Crippen LogP contribution in [-0.4, -0.2) is 53.2 Å². The van der Waals surface area contributed by atoms with Gasteiger partial charge in [0, 0.05) is 32.2 Å². The van der Waals surface area contributed by atoms with E-state index in [1.807, 2.05) is 6.07 Å². The highest BCUT2D eigenvalue weighted by Gasteiger charge is 2.20. The van der Waals surface area contributed by atoms with Gasteiger partial charge in [-0.2, -0.15) is 0 Å². The maximum atomic E-state index is 10.8. The summed E-state index contributed by atoms with van der Waals surface area (Å²) >= 11 is 0. The molecular formula is C14H21N3O2. The number of carboxylic acid groups (broad SMARTS) is 1. The summed E-state index contributed by atoms with van der Waals surface area (Å²) in [6.07, 6.45) is 2.83. The average Bonchev–Trinajstić information content (AvgIpc) is 2.46. The van der Waals surface area contributed by atoms with E-state index in [4.69, 9.17) is 5.11 Å². The topological polar surface area (TPSA) is 56.7 Å². The molecule has 1 saturated heterocycles. The van der Waals surface area contributed by atoms with Crippen LogP contribution >= 0.6 is 0 Å². The van der Waals surface area contributed by atoms with Crippen molar-refractivity contribution in [2.75, 3.05) is 31.1 Å². The molecule has 1 aliphatic heterocycles. The van der Waals surface area contributed by atoms with Crippen molar-refractivity contribution in [1.82, 2.24) is 9.88 Å². The van der Waals surface area contributed by atoms with E-state index < -0.39 is 5.97 Å². The van der Waals surface area contributed by atoms with Gasteiger partial charge in [0.05, 0.1) is 11.9 Å². The van der Waals surface area contributed by atoms with E-state index in [2.05, 4.69) is 28.6 Å². The molecule has 5 heteroatoms. The minimum absolute atomic E-state index is 0.0991. The third kappa shape index (κ3) is 3.23. The van der Waals surface area contributed by atoms with Gasteiger partial charge in [-0.3, -0.25) is 4.90 Å². The van der Waals surface area contributed by atoms with Crippen LogP contribution in [0.3, 0.4) is 0 Å². The summed E-state index contributed by atoms with van der Waals surface area (Å²) < 4.78 is 0. The fraction of sp³-hybridized carbons (Fsp3) is 0.571. The fourth-order valence-corrected chi connectivity index (χ4v) is 2.38. The predicted octanol–water partition coefficient (Wildman–Crippen LogP) is 1.70. The van der Waals surface area contributed by atoms with Crippen LogP contribution in [0.25, 0.3) is 0 Å². The minimum Gasteiger partial charge on any atom is -0.477 e. The summed E-state index contributed by atoms with van der Waals surface area (Å²) in [6, 6.07) is 4.04. The molecule has 2 heterocycles. The van der Waals surface area contributed by atoms with Crippen LogP contribution in [0.15, 0.2) is 18.3 Å². The number of nitrogens with zero attached hydrogens (tertiary/aromatic N) is 3. The Morgan fingerprint density at radius 2 is 2.05 bits per heavy atom. The van der Waals surface area contributed by atoms with Crippen LogP contribution in [0, 0.1) is 0 Å². The maximum Gasteiger partial charge on any atom is 0.354 e. The quantitative estimate of drug-likeness (QED) is 0.896. The molecule has 0 amide bonds. The van der Waals surface area contributed by atoms with E-state index in [0.29, 0.717) is 6.04 Å².